The van der Waals surface area contributed by atoms with Crippen molar-refractivity contribution < 1.29 is 14.3 Å². The van der Waals surface area contributed by atoms with Gasteiger partial charge >= 0.3 is 0 Å². The van der Waals surface area contributed by atoms with Gasteiger partial charge in [-0.25, -0.2) is 9.37 Å². The summed E-state index contributed by atoms with van der Waals surface area (Å²) in [6, 6.07) is 10.2. The molecular formula is C12H7FNO2-. The Kier molecular flexibility index (Phi) is 2.64. The van der Waals surface area contributed by atoms with Gasteiger partial charge in [0.25, 0.3) is 0 Å². The third kappa shape index (κ3) is 2.06. The largest absolute Gasteiger partial charge is 0.543 e. The van der Waals surface area contributed by atoms with Gasteiger partial charge < -0.3 is 9.90 Å². The second-order valence-corrected chi connectivity index (χ2v) is 3.20. The molecule has 0 radical (unpaired) electrons. The molecule has 0 fully saturated rings. The van der Waals surface area contributed by atoms with Crippen LogP contribution in [0.25, 0.3) is 11.3 Å². The van der Waals surface area contributed by atoms with Gasteiger partial charge in [0.15, 0.2) is 0 Å². The zero-order valence-corrected chi connectivity index (χ0v) is 8.18. The molecule has 0 aliphatic heterocycles. The summed E-state index contributed by atoms with van der Waals surface area (Å²) in [6.45, 7) is 0. The lowest BCUT2D eigenvalue weighted by molar-refractivity contribution is -0.255. The van der Waals surface area contributed by atoms with E-state index < -0.39 is 5.97 Å². The minimum Gasteiger partial charge on any atom is -0.543 e. The Labute approximate surface area is 91.2 Å². The lowest BCUT2D eigenvalue weighted by Gasteiger charge is -2.04. The topological polar surface area (TPSA) is 53.0 Å². The van der Waals surface area contributed by atoms with Crippen molar-refractivity contribution in [2.24, 2.45) is 0 Å². The molecule has 0 amide bonds. The zero-order valence-electron chi connectivity index (χ0n) is 8.18. The number of rotatable bonds is 2. The number of carboxylic acids is 1. The molecule has 1 aromatic carbocycles. The summed E-state index contributed by atoms with van der Waals surface area (Å²) < 4.78 is 12.7. The molecule has 0 aliphatic rings. The maximum atomic E-state index is 12.7. The van der Waals surface area contributed by atoms with Crippen LogP contribution >= 0.6 is 0 Å². The molecule has 0 saturated carbocycles. The fourth-order valence-electron chi connectivity index (χ4n) is 1.33. The molecular weight excluding hydrogens is 209 g/mol. The maximum Gasteiger partial charge on any atom is 0.123 e. The number of aromatic carboxylic acids is 1. The van der Waals surface area contributed by atoms with E-state index in [1.807, 2.05) is 0 Å². The van der Waals surface area contributed by atoms with Crippen LogP contribution in [0.2, 0.25) is 0 Å². The number of carboxylic acid groups (broad SMARTS) is 1. The molecule has 0 N–H and O–H groups in total. The van der Waals surface area contributed by atoms with Crippen molar-refractivity contribution in [3.05, 3.63) is 54.0 Å². The average molecular weight is 216 g/mol. The van der Waals surface area contributed by atoms with E-state index in [9.17, 15) is 14.3 Å². The van der Waals surface area contributed by atoms with Crippen LogP contribution in [0.3, 0.4) is 0 Å². The first-order valence-electron chi connectivity index (χ1n) is 4.61. The Balaban J connectivity index is 2.44. The molecule has 0 spiro atoms. The van der Waals surface area contributed by atoms with Gasteiger partial charge in [-0.3, -0.25) is 0 Å². The summed E-state index contributed by atoms with van der Waals surface area (Å²) in [4.78, 5) is 14.5. The van der Waals surface area contributed by atoms with Gasteiger partial charge in [-0.1, -0.05) is 6.07 Å². The van der Waals surface area contributed by atoms with Crippen LogP contribution in [0.15, 0.2) is 42.5 Å². The van der Waals surface area contributed by atoms with E-state index in [1.54, 1.807) is 12.1 Å². The molecule has 1 heterocycles. The first-order chi connectivity index (χ1) is 7.66. The highest BCUT2D eigenvalue weighted by molar-refractivity contribution is 5.84. The highest BCUT2D eigenvalue weighted by Gasteiger charge is 2.01. The fraction of sp³-hybridized carbons (Fsp3) is 0. The van der Waals surface area contributed by atoms with Gasteiger partial charge in [-0.2, -0.15) is 0 Å². The molecule has 0 aliphatic carbocycles. The number of carbonyl (C=O) groups excluding carboxylic acids is 1. The van der Waals surface area contributed by atoms with Crippen molar-refractivity contribution in [1.29, 1.82) is 0 Å². The number of aromatic nitrogens is 1. The smallest absolute Gasteiger partial charge is 0.123 e. The molecule has 2 aromatic rings. The highest BCUT2D eigenvalue weighted by Crippen LogP contribution is 2.17. The van der Waals surface area contributed by atoms with E-state index in [1.165, 1.54) is 30.3 Å². The number of hydrogen-bond acceptors (Lipinski definition) is 3. The van der Waals surface area contributed by atoms with Crippen molar-refractivity contribution in [2.75, 3.05) is 0 Å². The van der Waals surface area contributed by atoms with Gasteiger partial charge in [-0.15, -0.1) is 0 Å². The Bertz CT molecular complexity index is 523. The zero-order chi connectivity index (χ0) is 11.5. The number of hydrogen-bond donors (Lipinski definition) is 0. The van der Waals surface area contributed by atoms with E-state index in [0.717, 1.165) is 0 Å². The van der Waals surface area contributed by atoms with E-state index in [0.29, 0.717) is 11.3 Å². The monoisotopic (exact) mass is 216 g/mol. The van der Waals surface area contributed by atoms with Crippen LogP contribution in [0.4, 0.5) is 4.39 Å². The van der Waals surface area contributed by atoms with Crippen molar-refractivity contribution in [1.82, 2.24) is 4.98 Å². The normalized spacial score (nSPS) is 10.1. The molecule has 16 heavy (non-hydrogen) atoms. The summed E-state index contributed by atoms with van der Waals surface area (Å²) >= 11 is 0. The van der Waals surface area contributed by atoms with Crippen molar-refractivity contribution >= 4 is 5.97 Å². The van der Waals surface area contributed by atoms with Gasteiger partial charge in [0, 0.05) is 5.56 Å². The van der Waals surface area contributed by atoms with E-state index in [-0.39, 0.29) is 11.5 Å². The summed E-state index contributed by atoms with van der Waals surface area (Å²) in [5, 5.41) is 10.6. The third-order valence-electron chi connectivity index (χ3n) is 2.10. The summed E-state index contributed by atoms with van der Waals surface area (Å²) in [7, 11) is 0. The average Bonchev–Trinajstić information content (AvgIpc) is 2.30. The van der Waals surface area contributed by atoms with Gasteiger partial charge in [0.2, 0.25) is 0 Å². The first kappa shape index (κ1) is 10.3. The minimum absolute atomic E-state index is 0.137. The molecule has 0 saturated heterocycles. The van der Waals surface area contributed by atoms with Crippen LogP contribution in [-0.4, -0.2) is 11.0 Å². The second kappa shape index (κ2) is 4.10. The predicted molar refractivity (Wildman–Crippen MR) is 54.0 cm³/mol. The summed E-state index contributed by atoms with van der Waals surface area (Å²) in [5.41, 5.74) is 0.994. The summed E-state index contributed by atoms with van der Waals surface area (Å²) in [6.07, 6.45) is 0. The van der Waals surface area contributed by atoms with Crippen LogP contribution in [-0.2, 0) is 0 Å². The number of pyridine rings is 1. The third-order valence-corrected chi connectivity index (χ3v) is 2.10. The van der Waals surface area contributed by atoms with Gasteiger partial charge in [0.1, 0.15) is 5.82 Å². The number of carbonyl (C=O) groups is 1. The lowest BCUT2D eigenvalue weighted by atomic mass is 10.1. The fourth-order valence-corrected chi connectivity index (χ4v) is 1.33. The molecule has 1 aromatic heterocycles. The Morgan fingerprint density at radius 2 is 1.81 bits per heavy atom. The molecule has 4 heteroatoms. The molecule has 0 bridgehead atoms. The standard InChI is InChI=1S/C12H8FNO2/c13-9-6-4-8(5-7-9)10-2-1-3-11(14-10)12(15)16/h1-7H,(H,15,16)/p-1. The maximum absolute atomic E-state index is 12.7. The van der Waals surface area contributed by atoms with Gasteiger partial charge in [0.05, 0.1) is 17.4 Å². The Morgan fingerprint density at radius 1 is 1.12 bits per heavy atom. The van der Waals surface area contributed by atoms with Crippen LogP contribution in [0, 0.1) is 5.82 Å². The molecule has 0 atom stereocenters. The lowest BCUT2D eigenvalue weighted by Crippen LogP contribution is -2.23. The number of halogens is 1. The summed E-state index contributed by atoms with van der Waals surface area (Å²) in [5.74, 6) is -1.68. The molecule has 0 unspecified atom stereocenters. The minimum atomic E-state index is -1.33. The number of benzene rings is 1. The predicted octanol–water partition coefficient (Wildman–Crippen LogP) is 1.25. The van der Waals surface area contributed by atoms with Crippen molar-refractivity contribution in [2.45, 2.75) is 0 Å². The van der Waals surface area contributed by atoms with Crippen molar-refractivity contribution in [3.8, 4) is 11.3 Å². The second-order valence-electron chi connectivity index (χ2n) is 3.20. The van der Waals surface area contributed by atoms with Crippen LogP contribution in [0.1, 0.15) is 10.5 Å². The van der Waals surface area contributed by atoms with Gasteiger partial charge in [-0.05, 0) is 36.4 Å². The molecule has 80 valence electrons. The van der Waals surface area contributed by atoms with E-state index >= 15 is 0 Å². The molecule has 2 rings (SSSR count). The van der Waals surface area contributed by atoms with Crippen LogP contribution < -0.4 is 5.11 Å². The number of nitrogens with zero attached hydrogens (tertiary/aromatic N) is 1. The van der Waals surface area contributed by atoms with E-state index in [2.05, 4.69) is 4.98 Å². The van der Waals surface area contributed by atoms with Crippen LogP contribution in [0.5, 0.6) is 0 Å². The first-order valence-corrected chi connectivity index (χ1v) is 4.61. The quantitative estimate of drug-likeness (QED) is 0.759. The molecule has 3 nitrogen and oxygen atoms in total. The Morgan fingerprint density at radius 3 is 2.44 bits per heavy atom. The Hall–Kier alpha value is -2.23. The van der Waals surface area contributed by atoms with Crippen molar-refractivity contribution in [3.63, 3.8) is 0 Å². The SMILES string of the molecule is O=C([O-])c1cccc(-c2ccc(F)cc2)n1. The van der Waals surface area contributed by atoms with E-state index in [4.69, 9.17) is 0 Å². The highest BCUT2D eigenvalue weighted by atomic mass is 19.1.